The Morgan fingerprint density at radius 1 is 1.47 bits per heavy atom. The van der Waals surface area contributed by atoms with E-state index in [1.807, 2.05) is 12.1 Å². The second-order valence-corrected chi connectivity index (χ2v) is 5.50. The van der Waals surface area contributed by atoms with Crippen LogP contribution in [0.2, 0.25) is 0 Å². The normalized spacial score (nSPS) is 26.3. The lowest BCUT2D eigenvalue weighted by atomic mass is 9.92. The Hall–Kier alpha value is -0.970. The fraction of sp³-hybridized carbons (Fsp3) is 0.600. The Morgan fingerprint density at radius 2 is 2.21 bits per heavy atom. The van der Waals surface area contributed by atoms with Crippen molar-refractivity contribution in [3.63, 3.8) is 0 Å². The quantitative estimate of drug-likeness (QED) is 0.909. The zero-order valence-electron chi connectivity index (χ0n) is 11.7. The maximum absolute atomic E-state index is 13.9. The largest absolute Gasteiger partial charge is 0.377 e. The molecule has 1 saturated heterocycles. The Kier molecular flexibility index (Phi) is 4.55. The molecule has 1 aromatic rings. The third-order valence-corrected chi connectivity index (χ3v) is 4.11. The number of halogens is 1. The van der Waals surface area contributed by atoms with Crippen LogP contribution in [-0.4, -0.2) is 37.2 Å². The van der Waals surface area contributed by atoms with Crippen molar-refractivity contribution in [3.05, 3.63) is 35.6 Å². The first-order chi connectivity index (χ1) is 9.09. The minimum Gasteiger partial charge on any atom is -0.377 e. The molecule has 4 heteroatoms. The number of ether oxygens (including phenoxy) is 1. The van der Waals surface area contributed by atoms with Crippen LogP contribution in [0.4, 0.5) is 4.39 Å². The van der Waals surface area contributed by atoms with Gasteiger partial charge in [0.25, 0.3) is 0 Å². The fourth-order valence-electron chi connectivity index (χ4n) is 2.89. The van der Waals surface area contributed by atoms with E-state index in [9.17, 15) is 4.39 Å². The third-order valence-electron chi connectivity index (χ3n) is 4.11. The molecule has 3 nitrogen and oxygen atoms in total. The maximum atomic E-state index is 13.9. The van der Waals surface area contributed by atoms with Crippen LogP contribution < -0.4 is 5.73 Å². The zero-order chi connectivity index (χ0) is 13.9. The molecule has 0 aromatic heterocycles. The van der Waals surface area contributed by atoms with Crippen LogP contribution in [0.1, 0.15) is 31.4 Å². The average Bonchev–Trinajstić information content (AvgIpc) is 2.42. The zero-order valence-corrected chi connectivity index (χ0v) is 11.7. The Bertz CT molecular complexity index is 426. The van der Waals surface area contributed by atoms with E-state index in [2.05, 4.69) is 11.8 Å². The van der Waals surface area contributed by atoms with Gasteiger partial charge in [-0.1, -0.05) is 18.2 Å². The lowest BCUT2D eigenvalue weighted by Gasteiger charge is -2.43. The molecular formula is C15H23FN2O. The van der Waals surface area contributed by atoms with Crippen LogP contribution in [-0.2, 0) is 4.74 Å². The molecule has 1 heterocycles. The molecule has 0 saturated carbocycles. The number of likely N-dealkylation sites (tertiary alicyclic amines) is 1. The van der Waals surface area contributed by atoms with Gasteiger partial charge >= 0.3 is 0 Å². The topological polar surface area (TPSA) is 38.5 Å². The number of piperidine rings is 1. The van der Waals surface area contributed by atoms with Gasteiger partial charge in [-0.2, -0.15) is 0 Å². The molecule has 0 bridgehead atoms. The molecule has 0 aliphatic carbocycles. The number of hydrogen-bond acceptors (Lipinski definition) is 3. The number of benzene rings is 1. The van der Waals surface area contributed by atoms with Gasteiger partial charge in [0.15, 0.2) is 0 Å². The van der Waals surface area contributed by atoms with Gasteiger partial charge < -0.3 is 10.5 Å². The van der Waals surface area contributed by atoms with E-state index in [1.165, 1.54) is 6.07 Å². The summed E-state index contributed by atoms with van der Waals surface area (Å²) in [6.07, 6.45) is 2.09. The smallest absolute Gasteiger partial charge is 0.128 e. The van der Waals surface area contributed by atoms with Gasteiger partial charge in [0.1, 0.15) is 5.82 Å². The Balaban J connectivity index is 2.20. The third kappa shape index (κ3) is 3.14. The second kappa shape index (κ2) is 5.99. The van der Waals surface area contributed by atoms with Crippen molar-refractivity contribution >= 4 is 0 Å². The first kappa shape index (κ1) is 14.4. The number of hydrogen-bond donors (Lipinski definition) is 1. The summed E-state index contributed by atoms with van der Waals surface area (Å²) in [5, 5.41) is 0. The predicted octanol–water partition coefficient (Wildman–Crippen LogP) is 2.33. The lowest BCUT2D eigenvalue weighted by molar-refractivity contribution is -0.0611. The molecule has 0 spiro atoms. The van der Waals surface area contributed by atoms with E-state index in [0.29, 0.717) is 12.1 Å². The molecule has 19 heavy (non-hydrogen) atoms. The van der Waals surface area contributed by atoms with Crippen LogP contribution in [0, 0.1) is 5.82 Å². The van der Waals surface area contributed by atoms with Gasteiger partial charge in [0, 0.05) is 25.8 Å². The van der Waals surface area contributed by atoms with E-state index < -0.39 is 0 Å². The summed E-state index contributed by atoms with van der Waals surface area (Å²) < 4.78 is 19.5. The minimum absolute atomic E-state index is 0.0732. The van der Waals surface area contributed by atoms with Crippen molar-refractivity contribution in [2.24, 2.45) is 5.73 Å². The molecule has 1 aliphatic rings. The van der Waals surface area contributed by atoms with E-state index >= 15 is 0 Å². The van der Waals surface area contributed by atoms with Gasteiger partial charge in [-0.3, -0.25) is 4.90 Å². The van der Waals surface area contributed by atoms with E-state index in [4.69, 9.17) is 10.5 Å². The molecule has 2 atom stereocenters. The highest BCUT2D eigenvalue weighted by atomic mass is 19.1. The standard InChI is InChI=1S/C15H23FN2O/c1-15(19-2)8-5-9-18(11-15)14(10-17)12-6-3-4-7-13(12)16/h3-4,6-7,14H,5,8-11,17H2,1-2H3. The van der Waals surface area contributed by atoms with Crippen LogP contribution in [0.3, 0.4) is 0 Å². The van der Waals surface area contributed by atoms with Crippen molar-refractivity contribution in [2.45, 2.75) is 31.4 Å². The summed E-state index contributed by atoms with van der Waals surface area (Å²) in [4.78, 5) is 2.24. The van der Waals surface area contributed by atoms with Gasteiger partial charge in [-0.05, 0) is 32.4 Å². The molecule has 2 rings (SSSR count). The number of rotatable bonds is 4. The molecular weight excluding hydrogens is 243 g/mol. The maximum Gasteiger partial charge on any atom is 0.128 e. The van der Waals surface area contributed by atoms with Crippen molar-refractivity contribution in [2.75, 3.05) is 26.7 Å². The minimum atomic E-state index is -0.178. The van der Waals surface area contributed by atoms with Crippen molar-refractivity contribution in [1.29, 1.82) is 0 Å². The molecule has 2 N–H and O–H groups in total. The summed E-state index contributed by atoms with van der Waals surface area (Å²) in [6.45, 7) is 4.25. The molecule has 1 fully saturated rings. The van der Waals surface area contributed by atoms with Crippen molar-refractivity contribution in [3.8, 4) is 0 Å². The van der Waals surface area contributed by atoms with E-state index in [1.54, 1.807) is 13.2 Å². The predicted molar refractivity (Wildman–Crippen MR) is 74.4 cm³/mol. The Labute approximate surface area is 114 Å². The average molecular weight is 266 g/mol. The molecule has 106 valence electrons. The molecule has 0 amide bonds. The lowest BCUT2D eigenvalue weighted by Crippen LogP contribution is -2.50. The van der Waals surface area contributed by atoms with Crippen LogP contribution in [0.15, 0.2) is 24.3 Å². The first-order valence-corrected chi connectivity index (χ1v) is 6.83. The summed E-state index contributed by atoms with van der Waals surface area (Å²) in [7, 11) is 1.74. The van der Waals surface area contributed by atoms with Gasteiger partial charge in [-0.15, -0.1) is 0 Å². The van der Waals surface area contributed by atoms with E-state index in [0.717, 1.165) is 25.9 Å². The summed E-state index contributed by atoms with van der Waals surface area (Å²) in [6, 6.07) is 6.82. The van der Waals surface area contributed by atoms with Crippen LogP contribution in [0.5, 0.6) is 0 Å². The first-order valence-electron chi connectivity index (χ1n) is 6.83. The number of nitrogens with two attached hydrogens (primary N) is 1. The fourth-order valence-corrected chi connectivity index (χ4v) is 2.89. The SMILES string of the molecule is COC1(C)CCCN(C(CN)c2ccccc2F)C1. The number of methoxy groups -OCH3 is 1. The summed E-state index contributed by atoms with van der Waals surface area (Å²) in [5.41, 5.74) is 6.42. The number of nitrogens with zero attached hydrogens (tertiary/aromatic N) is 1. The second-order valence-electron chi connectivity index (χ2n) is 5.50. The highest BCUT2D eigenvalue weighted by Crippen LogP contribution is 2.31. The van der Waals surface area contributed by atoms with Gasteiger partial charge in [-0.25, -0.2) is 4.39 Å². The van der Waals surface area contributed by atoms with Gasteiger partial charge in [0.2, 0.25) is 0 Å². The molecule has 0 radical (unpaired) electrons. The highest BCUT2D eigenvalue weighted by molar-refractivity contribution is 5.22. The van der Waals surface area contributed by atoms with Crippen LogP contribution >= 0.6 is 0 Å². The van der Waals surface area contributed by atoms with Crippen molar-refractivity contribution < 1.29 is 9.13 Å². The summed E-state index contributed by atoms with van der Waals surface area (Å²) in [5.74, 6) is -0.178. The van der Waals surface area contributed by atoms with Gasteiger partial charge in [0.05, 0.1) is 11.6 Å². The highest BCUT2D eigenvalue weighted by Gasteiger charge is 2.34. The summed E-state index contributed by atoms with van der Waals surface area (Å²) >= 11 is 0. The molecule has 1 aromatic carbocycles. The van der Waals surface area contributed by atoms with E-state index in [-0.39, 0.29) is 17.5 Å². The van der Waals surface area contributed by atoms with Crippen LogP contribution in [0.25, 0.3) is 0 Å². The molecule has 1 aliphatic heterocycles. The Morgan fingerprint density at radius 3 is 2.84 bits per heavy atom. The molecule has 2 unspecified atom stereocenters. The monoisotopic (exact) mass is 266 g/mol. The van der Waals surface area contributed by atoms with Crippen molar-refractivity contribution in [1.82, 2.24) is 4.90 Å².